The molecule has 1 aromatic heterocycles. The Morgan fingerprint density at radius 2 is 1.68 bits per heavy atom. The number of ether oxygens (including phenoxy) is 3. The number of nitrogens with zero attached hydrogens (tertiary/aromatic N) is 5. The van der Waals surface area contributed by atoms with Crippen molar-refractivity contribution in [2.45, 2.75) is 103 Å². The average molecular weight is 630 g/mol. The first-order chi connectivity index (χ1) is 17.4. The number of hydrogen-bond donors (Lipinski definition) is 0. The van der Waals surface area contributed by atoms with Gasteiger partial charge in [0.2, 0.25) is 0 Å². The van der Waals surface area contributed by atoms with Gasteiger partial charge in [-0.25, -0.2) is 4.79 Å². The van der Waals surface area contributed by atoms with E-state index in [1.54, 1.807) is 0 Å². The van der Waals surface area contributed by atoms with Crippen LogP contribution < -0.4 is 4.90 Å². The Balaban J connectivity index is 1.24. The molecule has 0 saturated carbocycles. The van der Waals surface area contributed by atoms with E-state index in [-0.39, 0.29) is 23.8 Å². The van der Waals surface area contributed by atoms with Crippen molar-refractivity contribution in [3.8, 4) is 0 Å². The van der Waals surface area contributed by atoms with E-state index in [0.29, 0.717) is 25.2 Å². The minimum Gasteiger partial charge on any atom is -0.444 e. The SMILES string of the molecule is Cc1c(I)c(N2CCC(N3CC4COCC(C3)O4)CC2(C)C)nn1C1CCN(C(=O)OC(C)(C)C)CC1. The predicted molar refractivity (Wildman–Crippen MR) is 151 cm³/mol. The molecular weight excluding hydrogens is 585 g/mol. The first-order valence-electron chi connectivity index (χ1n) is 13.9. The molecule has 2 bridgehead atoms. The highest BCUT2D eigenvalue weighted by atomic mass is 127. The lowest BCUT2D eigenvalue weighted by atomic mass is 9.85. The topological polar surface area (TPSA) is 72.3 Å². The van der Waals surface area contributed by atoms with Crippen molar-refractivity contribution < 1.29 is 19.0 Å². The fourth-order valence-corrected chi connectivity index (χ4v) is 7.12. The van der Waals surface area contributed by atoms with Gasteiger partial charge in [0.15, 0.2) is 5.82 Å². The number of piperidine rings is 2. The maximum absolute atomic E-state index is 12.5. The summed E-state index contributed by atoms with van der Waals surface area (Å²) in [7, 11) is 0. The highest BCUT2D eigenvalue weighted by Crippen LogP contribution is 2.39. The zero-order valence-electron chi connectivity index (χ0n) is 23.3. The molecule has 3 atom stereocenters. The zero-order chi connectivity index (χ0) is 26.5. The molecule has 5 rings (SSSR count). The minimum atomic E-state index is -0.465. The first-order valence-corrected chi connectivity index (χ1v) is 15.0. The number of fused-ring (bicyclic) bond motifs is 2. The Hall–Kier alpha value is -1.11. The number of carbonyl (C=O) groups excluding carboxylic acids is 1. The normalized spacial score (nSPS) is 29.4. The lowest BCUT2D eigenvalue weighted by Crippen LogP contribution is -2.61. The Bertz CT molecular complexity index is 972. The summed E-state index contributed by atoms with van der Waals surface area (Å²) in [4.78, 5) is 19.6. The van der Waals surface area contributed by atoms with Crippen LogP contribution in [0.2, 0.25) is 0 Å². The van der Waals surface area contributed by atoms with E-state index in [0.717, 1.165) is 64.3 Å². The van der Waals surface area contributed by atoms with Gasteiger partial charge in [0.05, 0.1) is 40.7 Å². The second kappa shape index (κ2) is 10.5. The molecule has 37 heavy (non-hydrogen) atoms. The number of hydrogen-bond acceptors (Lipinski definition) is 7. The molecule has 1 amide bonds. The number of likely N-dealkylation sites (tertiary alicyclic amines) is 1. The first kappa shape index (κ1) is 27.5. The van der Waals surface area contributed by atoms with Crippen LogP contribution in [0.25, 0.3) is 0 Å². The van der Waals surface area contributed by atoms with Crippen LogP contribution in [0.5, 0.6) is 0 Å². The summed E-state index contributed by atoms with van der Waals surface area (Å²) >= 11 is 2.49. The summed E-state index contributed by atoms with van der Waals surface area (Å²) in [6, 6.07) is 0.868. The highest BCUT2D eigenvalue weighted by Gasteiger charge is 2.43. The second-order valence-corrected chi connectivity index (χ2v) is 13.9. The molecule has 0 spiro atoms. The number of morpholine rings is 1. The number of anilines is 1. The van der Waals surface area contributed by atoms with Gasteiger partial charge >= 0.3 is 6.09 Å². The van der Waals surface area contributed by atoms with Gasteiger partial charge in [-0.15, -0.1) is 0 Å². The quantitative estimate of drug-likeness (QED) is 0.464. The third kappa shape index (κ3) is 5.91. The van der Waals surface area contributed by atoms with E-state index in [9.17, 15) is 4.79 Å². The highest BCUT2D eigenvalue weighted by molar-refractivity contribution is 14.1. The van der Waals surface area contributed by atoms with Gasteiger partial charge in [-0.05, 0) is 89.8 Å². The monoisotopic (exact) mass is 629 g/mol. The molecule has 1 aromatic rings. The number of aromatic nitrogens is 2. The van der Waals surface area contributed by atoms with E-state index < -0.39 is 5.60 Å². The van der Waals surface area contributed by atoms with Crippen LogP contribution in [0.1, 0.15) is 72.0 Å². The van der Waals surface area contributed by atoms with E-state index >= 15 is 0 Å². The molecule has 3 unspecified atom stereocenters. The van der Waals surface area contributed by atoms with Gasteiger partial charge in [-0.1, -0.05) is 0 Å². The molecule has 0 aromatic carbocycles. The van der Waals surface area contributed by atoms with Crippen molar-refractivity contribution in [2.75, 3.05) is 50.8 Å². The van der Waals surface area contributed by atoms with Crippen LogP contribution in [0, 0.1) is 10.5 Å². The van der Waals surface area contributed by atoms with Crippen LogP contribution in [-0.4, -0.2) is 101 Å². The smallest absolute Gasteiger partial charge is 0.410 e. The van der Waals surface area contributed by atoms with Gasteiger partial charge in [0, 0.05) is 44.3 Å². The molecule has 4 aliphatic rings. The molecule has 0 radical (unpaired) electrons. The molecule has 4 saturated heterocycles. The second-order valence-electron chi connectivity index (χ2n) is 12.8. The summed E-state index contributed by atoms with van der Waals surface area (Å²) in [5.74, 6) is 1.11. The van der Waals surface area contributed by atoms with E-state index in [4.69, 9.17) is 19.3 Å². The van der Waals surface area contributed by atoms with E-state index in [1.807, 2.05) is 25.7 Å². The lowest BCUT2D eigenvalue weighted by molar-refractivity contribution is -0.186. The molecule has 4 fully saturated rings. The summed E-state index contributed by atoms with van der Waals surface area (Å²) < 4.78 is 20.9. The fraction of sp³-hybridized carbons (Fsp3) is 0.852. The summed E-state index contributed by atoms with van der Waals surface area (Å²) in [6.45, 7) is 18.5. The number of halogens is 1. The number of carbonyl (C=O) groups is 1. The number of rotatable bonds is 3. The standard InChI is InChI=1S/C27H44IN5O4/c1-18-23(28)24(29-33(18)19-7-10-30(11-8-19)25(34)37-26(2,3)4)32-12-9-20(13-27(32,5)6)31-14-21-16-35-17-22(15-31)36-21/h19-22H,7-17H2,1-6H3. The summed E-state index contributed by atoms with van der Waals surface area (Å²) in [6.07, 6.45) is 4.27. The molecule has 0 aliphatic carbocycles. The van der Waals surface area contributed by atoms with Gasteiger partial charge in [0.25, 0.3) is 0 Å². The third-order valence-corrected chi connectivity index (χ3v) is 9.58. The van der Waals surface area contributed by atoms with E-state index in [2.05, 4.69) is 57.8 Å². The predicted octanol–water partition coefficient (Wildman–Crippen LogP) is 4.22. The van der Waals surface area contributed by atoms with Crippen molar-refractivity contribution in [3.05, 3.63) is 9.26 Å². The maximum Gasteiger partial charge on any atom is 0.410 e. The fourth-order valence-electron chi connectivity index (χ4n) is 6.47. The Morgan fingerprint density at radius 1 is 1.05 bits per heavy atom. The van der Waals surface area contributed by atoms with E-state index in [1.165, 1.54) is 9.26 Å². The van der Waals surface area contributed by atoms with Gasteiger partial charge < -0.3 is 24.0 Å². The largest absolute Gasteiger partial charge is 0.444 e. The van der Waals surface area contributed by atoms with Crippen molar-refractivity contribution in [1.82, 2.24) is 19.6 Å². The molecule has 10 heteroatoms. The summed E-state index contributed by atoms with van der Waals surface area (Å²) in [5.41, 5.74) is 0.774. The van der Waals surface area contributed by atoms with Gasteiger partial charge in [0.1, 0.15) is 5.60 Å². The van der Waals surface area contributed by atoms with Crippen LogP contribution >= 0.6 is 22.6 Å². The van der Waals surface area contributed by atoms with Crippen molar-refractivity contribution >= 4 is 34.5 Å². The maximum atomic E-state index is 12.5. The molecular formula is C27H44IN5O4. The average Bonchev–Trinajstić information content (AvgIpc) is 3.11. The lowest BCUT2D eigenvalue weighted by Gasteiger charge is -2.51. The molecule has 0 N–H and O–H groups in total. The van der Waals surface area contributed by atoms with Crippen molar-refractivity contribution in [3.63, 3.8) is 0 Å². The van der Waals surface area contributed by atoms with Crippen molar-refractivity contribution in [1.29, 1.82) is 0 Å². The van der Waals surface area contributed by atoms with Gasteiger partial charge in [-0.2, -0.15) is 5.10 Å². The van der Waals surface area contributed by atoms with Crippen molar-refractivity contribution in [2.24, 2.45) is 0 Å². The molecule has 9 nitrogen and oxygen atoms in total. The van der Waals surface area contributed by atoms with Crippen LogP contribution in [-0.2, 0) is 14.2 Å². The molecule has 5 heterocycles. The summed E-state index contributed by atoms with van der Waals surface area (Å²) in [5, 5.41) is 5.22. The third-order valence-electron chi connectivity index (χ3n) is 8.31. The van der Waals surface area contributed by atoms with Crippen LogP contribution in [0.4, 0.5) is 10.6 Å². The molecule has 4 aliphatic heterocycles. The molecule has 208 valence electrons. The Kier molecular flexibility index (Phi) is 7.76. The van der Waals surface area contributed by atoms with Crippen LogP contribution in [0.3, 0.4) is 0 Å². The van der Waals surface area contributed by atoms with Crippen LogP contribution in [0.15, 0.2) is 0 Å². The van der Waals surface area contributed by atoms with Gasteiger partial charge in [-0.3, -0.25) is 9.58 Å². The number of amides is 1. The zero-order valence-corrected chi connectivity index (χ0v) is 25.5. The Morgan fingerprint density at radius 3 is 2.27 bits per heavy atom. The Labute approximate surface area is 235 Å². The minimum absolute atomic E-state index is 0.0124.